The van der Waals surface area contributed by atoms with Gasteiger partial charge in [-0.3, -0.25) is 9.69 Å². The third-order valence-corrected chi connectivity index (χ3v) is 5.86. The molecule has 0 aromatic carbocycles. The number of aliphatic carboxylic acids is 1. The van der Waals surface area contributed by atoms with E-state index in [1.54, 1.807) is 0 Å². The van der Waals surface area contributed by atoms with Gasteiger partial charge in [-0.05, 0) is 50.7 Å². The van der Waals surface area contributed by atoms with Crippen molar-refractivity contribution in [2.24, 2.45) is 0 Å². The Labute approximate surface area is 172 Å². The Hall–Kier alpha value is -2.35. The van der Waals surface area contributed by atoms with Gasteiger partial charge in [0.15, 0.2) is 0 Å². The van der Waals surface area contributed by atoms with Gasteiger partial charge in [-0.15, -0.1) is 0 Å². The molecule has 0 saturated carbocycles. The molecule has 2 aliphatic rings. The van der Waals surface area contributed by atoms with Gasteiger partial charge in [0.2, 0.25) is 0 Å². The minimum Gasteiger partial charge on any atom is -0.480 e. The molecule has 0 spiro atoms. The van der Waals surface area contributed by atoms with Crippen molar-refractivity contribution in [3.63, 3.8) is 0 Å². The fraction of sp³-hybridized carbons (Fsp3) is 0.667. The van der Waals surface area contributed by atoms with Crippen molar-refractivity contribution < 1.29 is 14.7 Å². The Morgan fingerprint density at radius 3 is 2.93 bits per heavy atom. The minimum atomic E-state index is -0.820. The number of piperazine rings is 1. The highest BCUT2D eigenvalue weighted by molar-refractivity contribution is 5.75. The largest absolute Gasteiger partial charge is 0.480 e. The first kappa shape index (κ1) is 21.4. The fourth-order valence-electron chi connectivity index (χ4n) is 4.22. The number of anilines is 1. The molecule has 8 heteroatoms. The summed E-state index contributed by atoms with van der Waals surface area (Å²) in [5, 5.41) is 15.5. The van der Waals surface area contributed by atoms with E-state index in [9.17, 15) is 9.59 Å². The molecule has 0 radical (unpaired) electrons. The Bertz CT molecular complexity index is 726. The number of aryl methyl sites for hydroxylation is 2. The van der Waals surface area contributed by atoms with Crippen molar-refractivity contribution in [1.82, 2.24) is 20.1 Å². The average Bonchev–Trinajstić information content (AvgIpc) is 2.70. The number of amides is 2. The summed E-state index contributed by atoms with van der Waals surface area (Å²) < 4.78 is 0. The molecule has 160 valence electrons. The standard InChI is InChI=1S/C21H33N5O3/c1-3-18-13-26(15(2)12-25(18)14-19(27)28)21(29)23-11-5-7-17-9-8-16-6-4-10-22-20(16)24-17/h8-9,15,18H,3-7,10-14H2,1-2H3,(H,22,24)(H,23,29)(H,27,28). The van der Waals surface area contributed by atoms with Crippen molar-refractivity contribution in [2.75, 3.05) is 38.0 Å². The lowest BCUT2D eigenvalue weighted by atomic mass is 10.1. The maximum absolute atomic E-state index is 12.7. The highest BCUT2D eigenvalue weighted by atomic mass is 16.4. The van der Waals surface area contributed by atoms with E-state index < -0.39 is 5.97 Å². The molecule has 3 heterocycles. The van der Waals surface area contributed by atoms with Crippen LogP contribution in [0.25, 0.3) is 0 Å². The summed E-state index contributed by atoms with van der Waals surface area (Å²) in [4.78, 5) is 32.2. The van der Waals surface area contributed by atoms with Gasteiger partial charge in [0, 0.05) is 44.0 Å². The second-order valence-electron chi connectivity index (χ2n) is 8.06. The van der Waals surface area contributed by atoms with E-state index in [1.807, 2.05) is 23.6 Å². The molecule has 2 unspecified atom stereocenters. The molecule has 1 fully saturated rings. The van der Waals surface area contributed by atoms with E-state index >= 15 is 0 Å². The number of hydrogen-bond donors (Lipinski definition) is 3. The normalized spacial score (nSPS) is 21.9. The van der Waals surface area contributed by atoms with Crippen molar-refractivity contribution in [3.05, 3.63) is 23.4 Å². The van der Waals surface area contributed by atoms with Crippen LogP contribution in [0, 0.1) is 0 Å². The van der Waals surface area contributed by atoms with Crippen molar-refractivity contribution in [3.8, 4) is 0 Å². The Kier molecular flexibility index (Phi) is 7.30. The van der Waals surface area contributed by atoms with E-state index in [-0.39, 0.29) is 24.7 Å². The van der Waals surface area contributed by atoms with E-state index in [4.69, 9.17) is 10.1 Å². The molecule has 1 aromatic heterocycles. The van der Waals surface area contributed by atoms with Gasteiger partial charge in [-0.2, -0.15) is 0 Å². The number of aromatic nitrogens is 1. The molecule has 2 amide bonds. The molecule has 3 N–H and O–H groups in total. The summed E-state index contributed by atoms with van der Waals surface area (Å²) in [7, 11) is 0. The monoisotopic (exact) mass is 403 g/mol. The number of nitrogens with zero attached hydrogens (tertiary/aromatic N) is 3. The molecule has 0 aliphatic carbocycles. The molecule has 1 saturated heterocycles. The number of carbonyl (C=O) groups excluding carboxylic acids is 1. The lowest BCUT2D eigenvalue weighted by Crippen LogP contribution is -2.61. The molecular formula is C21H33N5O3. The summed E-state index contributed by atoms with van der Waals surface area (Å²) in [5.74, 6) is 0.191. The minimum absolute atomic E-state index is 0.00876. The average molecular weight is 404 g/mol. The topological polar surface area (TPSA) is 97.8 Å². The molecule has 2 aliphatic heterocycles. The first-order valence-electron chi connectivity index (χ1n) is 10.7. The fourth-order valence-corrected chi connectivity index (χ4v) is 4.22. The van der Waals surface area contributed by atoms with E-state index in [0.29, 0.717) is 19.6 Å². The highest BCUT2D eigenvalue weighted by Gasteiger charge is 2.33. The number of pyridine rings is 1. The molecular weight excluding hydrogens is 370 g/mol. The lowest BCUT2D eigenvalue weighted by molar-refractivity contribution is -0.139. The van der Waals surface area contributed by atoms with Gasteiger partial charge in [-0.1, -0.05) is 13.0 Å². The van der Waals surface area contributed by atoms with Crippen molar-refractivity contribution >= 4 is 17.8 Å². The second kappa shape index (κ2) is 9.91. The summed E-state index contributed by atoms with van der Waals surface area (Å²) in [6, 6.07) is 4.26. The molecule has 8 nitrogen and oxygen atoms in total. The van der Waals surface area contributed by atoms with Gasteiger partial charge in [0.1, 0.15) is 5.82 Å². The zero-order valence-electron chi connectivity index (χ0n) is 17.5. The Morgan fingerprint density at radius 2 is 2.17 bits per heavy atom. The SMILES string of the molecule is CCC1CN(C(=O)NCCCc2ccc3c(n2)NCCC3)C(C)CN1CC(=O)O. The van der Waals surface area contributed by atoms with Crippen LogP contribution in [-0.2, 0) is 17.6 Å². The van der Waals surface area contributed by atoms with Crippen LogP contribution in [0.2, 0.25) is 0 Å². The number of hydrogen-bond acceptors (Lipinski definition) is 5. The third-order valence-electron chi connectivity index (χ3n) is 5.86. The van der Waals surface area contributed by atoms with Crippen molar-refractivity contribution in [2.45, 2.75) is 58.0 Å². The summed E-state index contributed by atoms with van der Waals surface area (Å²) >= 11 is 0. The van der Waals surface area contributed by atoms with Crippen LogP contribution in [0.15, 0.2) is 12.1 Å². The first-order chi connectivity index (χ1) is 14.0. The van der Waals surface area contributed by atoms with Gasteiger partial charge < -0.3 is 20.6 Å². The number of rotatable bonds is 7. The number of nitrogens with one attached hydrogen (secondary N) is 2. The summed E-state index contributed by atoms with van der Waals surface area (Å²) in [6.07, 6.45) is 4.73. The predicted octanol–water partition coefficient (Wildman–Crippen LogP) is 1.95. The molecule has 2 atom stereocenters. The lowest BCUT2D eigenvalue weighted by Gasteiger charge is -2.44. The van der Waals surface area contributed by atoms with Gasteiger partial charge in [-0.25, -0.2) is 9.78 Å². The van der Waals surface area contributed by atoms with Crippen LogP contribution in [0.5, 0.6) is 0 Å². The first-order valence-corrected chi connectivity index (χ1v) is 10.7. The highest BCUT2D eigenvalue weighted by Crippen LogP contribution is 2.20. The summed E-state index contributed by atoms with van der Waals surface area (Å²) in [6.45, 7) is 6.77. The van der Waals surface area contributed by atoms with Crippen LogP contribution < -0.4 is 10.6 Å². The van der Waals surface area contributed by atoms with E-state index in [1.165, 1.54) is 5.56 Å². The van der Waals surface area contributed by atoms with E-state index in [0.717, 1.165) is 50.2 Å². The Morgan fingerprint density at radius 1 is 1.34 bits per heavy atom. The zero-order valence-corrected chi connectivity index (χ0v) is 17.5. The quantitative estimate of drug-likeness (QED) is 0.602. The number of carboxylic acids is 1. The van der Waals surface area contributed by atoms with Crippen LogP contribution in [0.1, 0.15) is 44.4 Å². The third kappa shape index (κ3) is 5.59. The Balaban J connectivity index is 1.45. The van der Waals surface area contributed by atoms with Crippen LogP contribution in [0.4, 0.5) is 10.6 Å². The van der Waals surface area contributed by atoms with Gasteiger partial charge in [0.25, 0.3) is 0 Å². The predicted molar refractivity (Wildman–Crippen MR) is 112 cm³/mol. The number of fused-ring (bicyclic) bond motifs is 1. The van der Waals surface area contributed by atoms with Crippen LogP contribution in [0.3, 0.4) is 0 Å². The van der Waals surface area contributed by atoms with E-state index in [2.05, 4.69) is 22.8 Å². The molecule has 29 heavy (non-hydrogen) atoms. The summed E-state index contributed by atoms with van der Waals surface area (Å²) in [5.41, 5.74) is 2.34. The van der Waals surface area contributed by atoms with Crippen LogP contribution in [-0.4, -0.2) is 76.7 Å². The molecule has 0 bridgehead atoms. The number of urea groups is 1. The van der Waals surface area contributed by atoms with Crippen molar-refractivity contribution in [1.29, 1.82) is 0 Å². The zero-order chi connectivity index (χ0) is 20.8. The molecule has 3 rings (SSSR count). The molecule has 1 aromatic rings. The maximum atomic E-state index is 12.7. The number of carbonyl (C=O) groups is 2. The number of carboxylic acid groups (broad SMARTS) is 1. The maximum Gasteiger partial charge on any atom is 0.317 e. The van der Waals surface area contributed by atoms with Crippen LogP contribution >= 0.6 is 0 Å². The second-order valence-corrected chi connectivity index (χ2v) is 8.06. The van der Waals surface area contributed by atoms with Gasteiger partial charge in [0.05, 0.1) is 6.54 Å². The van der Waals surface area contributed by atoms with Gasteiger partial charge >= 0.3 is 12.0 Å². The smallest absolute Gasteiger partial charge is 0.317 e.